The zero-order chi connectivity index (χ0) is 12.9. The Morgan fingerprint density at radius 3 is 2.47 bits per heavy atom. The number of hydrogen-bond acceptors (Lipinski definition) is 3. The summed E-state index contributed by atoms with van der Waals surface area (Å²) in [6, 6.07) is 0. The number of carbonyl (C=O) groups excluding carboxylic acids is 1. The van der Waals surface area contributed by atoms with E-state index in [9.17, 15) is 4.79 Å². The van der Waals surface area contributed by atoms with Crippen molar-refractivity contribution in [3.63, 3.8) is 0 Å². The highest BCUT2D eigenvalue weighted by Gasteiger charge is 2.05. The first-order valence-electron chi connectivity index (χ1n) is 6.33. The van der Waals surface area contributed by atoms with E-state index < -0.39 is 0 Å². The molecule has 0 fully saturated rings. The molecule has 0 saturated carbocycles. The van der Waals surface area contributed by atoms with Gasteiger partial charge in [0.15, 0.2) is 0 Å². The van der Waals surface area contributed by atoms with Crippen molar-refractivity contribution in [1.82, 2.24) is 5.32 Å². The van der Waals surface area contributed by atoms with E-state index in [0.717, 1.165) is 12.4 Å². The van der Waals surface area contributed by atoms with Crippen molar-refractivity contribution in [2.75, 3.05) is 12.4 Å². The summed E-state index contributed by atoms with van der Waals surface area (Å²) < 4.78 is 4.91. The molecule has 0 amide bonds. The van der Waals surface area contributed by atoms with Crippen LogP contribution in [0.25, 0.3) is 0 Å². The van der Waals surface area contributed by atoms with Crippen LogP contribution < -0.4 is 5.32 Å². The van der Waals surface area contributed by atoms with Gasteiger partial charge in [0.25, 0.3) is 0 Å². The van der Waals surface area contributed by atoms with Gasteiger partial charge in [0, 0.05) is 23.4 Å². The van der Waals surface area contributed by atoms with E-state index in [1.807, 2.05) is 5.37 Å². The number of hydrogen-bond donors (Lipinski definition) is 1. The lowest BCUT2D eigenvalue weighted by Crippen LogP contribution is -2.07. The van der Waals surface area contributed by atoms with E-state index in [0.29, 0.717) is 0 Å². The molecule has 0 saturated heterocycles. The fourth-order valence-corrected chi connectivity index (χ4v) is 2.40. The summed E-state index contributed by atoms with van der Waals surface area (Å²) in [4.78, 5) is 10.6. The maximum Gasteiger partial charge on any atom is 0.341 e. The summed E-state index contributed by atoms with van der Waals surface area (Å²) in [7, 11) is -0.314. The Hall–Kier alpha value is -0.610. The van der Waals surface area contributed by atoms with E-state index in [1.165, 1.54) is 38.2 Å². The molecule has 1 aliphatic heterocycles. The van der Waals surface area contributed by atoms with Crippen LogP contribution in [0.2, 0.25) is 0 Å². The van der Waals surface area contributed by atoms with Gasteiger partial charge in [-0.2, -0.15) is 0 Å². The van der Waals surface area contributed by atoms with Crippen molar-refractivity contribution < 1.29 is 8.98 Å². The molecular weight excluding hydrogens is 234 g/mol. The average molecular weight is 259 g/mol. The van der Waals surface area contributed by atoms with E-state index in [-0.39, 0.29) is 16.7 Å². The predicted molar refractivity (Wildman–Crippen MR) is 77.2 cm³/mol. The highest BCUT2D eigenvalue weighted by molar-refractivity contribution is 8.11. The molecule has 3 nitrogen and oxygen atoms in total. The Morgan fingerprint density at radius 2 is 2.06 bits per heavy atom. The zero-order valence-electron chi connectivity index (χ0n) is 11.0. The van der Waals surface area contributed by atoms with Crippen LogP contribution in [-0.2, 0) is 8.98 Å². The Labute approximate surface area is 108 Å². The van der Waals surface area contributed by atoms with Gasteiger partial charge < -0.3 is 9.50 Å². The van der Waals surface area contributed by atoms with E-state index in [1.54, 1.807) is 0 Å². The van der Waals surface area contributed by atoms with Gasteiger partial charge in [-0.15, -0.1) is 0 Å². The molecule has 100 valence electrons. The van der Waals surface area contributed by atoms with Gasteiger partial charge in [-0.3, -0.25) is 0 Å². The first kappa shape index (κ1) is 16.4. The molecule has 1 heterocycles. The Kier molecular flexibility index (Phi) is 11.4. The second-order valence-corrected chi connectivity index (χ2v) is 5.36. The largest absolute Gasteiger partial charge is 0.396 e. The van der Waals surface area contributed by atoms with Crippen molar-refractivity contribution in [2.24, 2.45) is 0 Å². The summed E-state index contributed by atoms with van der Waals surface area (Å²) >= 11 is 0. The molecule has 0 spiro atoms. The van der Waals surface area contributed by atoms with Gasteiger partial charge in [0.05, 0.1) is 5.88 Å². The smallest absolute Gasteiger partial charge is 0.341 e. The molecule has 0 aromatic heterocycles. The minimum Gasteiger partial charge on any atom is -0.396 e. The van der Waals surface area contributed by atoms with Crippen LogP contribution in [0.15, 0.2) is 12.7 Å². The Bertz CT molecular complexity index is 248. The maximum absolute atomic E-state index is 10.6. The summed E-state index contributed by atoms with van der Waals surface area (Å²) in [6.45, 7) is 8.62. The second kappa shape index (κ2) is 11.9. The molecule has 1 atom stereocenters. The van der Waals surface area contributed by atoms with Crippen LogP contribution in [0, 0.1) is 0 Å². The predicted octanol–water partition coefficient (Wildman–Crippen LogP) is 3.24. The van der Waals surface area contributed by atoms with Crippen molar-refractivity contribution in [1.29, 1.82) is 0 Å². The topological polar surface area (TPSA) is 38.3 Å². The van der Waals surface area contributed by atoms with Crippen molar-refractivity contribution >= 4 is 22.1 Å². The highest BCUT2D eigenvalue weighted by atomic mass is 32.2. The molecular formula is C13H25NO2S. The third-order valence-corrected chi connectivity index (χ3v) is 3.63. The lowest BCUT2D eigenvalue weighted by atomic mass is 10.2. The van der Waals surface area contributed by atoms with Crippen LogP contribution in [0.3, 0.4) is 0 Å². The lowest BCUT2D eigenvalue weighted by Gasteiger charge is -2.00. The van der Waals surface area contributed by atoms with Gasteiger partial charge in [-0.05, 0) is 5.37 Å². The van der Waals surface area contributed by atoms with E-state index in [4.69, 9.17) is 4.18 Å². The molecule has 0 aromatic rings. The first-order valence-corrected chi connectivity index (χ1v) is 7.71. The molecule has 0 bridgehead atoms. The maximum atomic E-state index is 10.6. The molecule has 17 heavy (non-hydrogen) atoms. The van der Waals surface area contributed by atoms with Gasteiger partial charge >= 0.3 is 5.97 Å². The van der Waals surface area contributed by atoms with Gasteiger partial charge in [-0.1, -0.05) is 52.5 Å². The molecule has 1 rings (SSSR count). The van der Waals surface area contributed by atoms with Crippen molar-refractivity contribution in [2.45, 2.75) is 46.0 Å². The zero-order valence-corrected chi connectivity index (χ0v) is 11.9. The van der Waals surface area contributed by atoms with Crippen molar-refractivity contribution in [3.8, 4) is 0 Å². The molecule has 0 aliphatic carbocycles. The number of unbranched alkanes of at least 4 members (excludes halogenated alkanes) is 4. The summed E-state index contributed by atoms with van der Waals surface area (Å²) in [5.41, 5.74) is 0. The lowest BCUT2D eigenvalue weighted by molar-refractivity contribution is -0.127. The Balaban J connectivity index is 0.000000325. The monoisotopic (exact) mass is 259 g/mol. The number of carbonyl (C=O) groups is 1. The standard InChI is InChI=1S/C7H16.C6H9NO2S/c1-3-5-7-6-4-2;1-2-6(8)9-10-4-3-7-5-10/h3-7H2,1-2H3;2,4,7H,1,3,5H2. The normalized spacial score (nSPS) is 17.6. The first-order chi connectivity index (χ1) is 8.24. The SMILES string of the molecule is C=CC(=O)OS1=CCNC1.CCCCCCC. The van der Waals surface area contributed by atoms with Gasteiger partial charge in [-0.25, -0.2) is 4.79 Å². The van der Waals surface area contributed by atoms with Gasteiger partial charge in [0.1, 0.15) is 0 Å². The third kappa shape index (κ3) is 10.3. The molecule has 0 radical (unpaired) electrons. The molecule has 4 heteroatoms. The van der Waals surface area contributed by atoms with Crippen LogP contribution >= 0.6 is 10.8 Å². The average Bonchev–Trinajstić information content (AvgIpc) is 2.83. The van der Waals surface area contributed by atoms with Crippen molar-refractivity contribution in [3.05, 3.63) is 12.7 Å². The fraction of sp³-hybridized carbons (Fsp3) is 0.692. The fourth-order valence-electron chi connectivity index (χ4n) is 1.25. The van der Waals surface area contributed by atoms with E-state index in [2.05, 4.69) is 25.7 Å². The van der Waals surface area contributed by atoms with Crippen LogP contribution in [0.1, 0.15) is 46.0 Å². The minimum atomic E-state index is -0.344. The minimum absolute atomic E-state index is 0.314. The van der Waals surface area contributed by atoms with Crippen LogP contribution in [-0.4, -0.2) is 23.8 Å². The molecule has 1 aliphatic rings. The summed E-state index contributed by atoms with van der Waals surface area (Å²) in [6.07, 6.45) is 8.19. The summed E-state index contributed by atoms with van der Waals surface area (Å²) in [5.74, 6) is 0.405. The molecule has 1 unspecified atom stereocenters. The van der Waals surface area contributed by atoms with Crippen LogP contribution in [0.4, 0.5) is 0 Å². The van der Waals surface area contributed by atoms with Gasteiger partial charge in [0.2, 0.25) is 0 Å². The van der Waals surface area contributed by atoms with E-state index >= 15 is 0 Å². The molecule has 1 N–H and O–H groups in total. The second-order valence-electron chi connectivity index (χ2n) is 3.81. The Morgan fingerprint density at radius 1 is 1.41 bits per heavy atom. The third-order valence-electron chi connectivity index (χ3n) is 2.22. The summed E-state index contributed by atoms with van der Waals surface area (Å²) in [5, 5.41) is 4.99. The highest BCUT2D eigenvalue weighted by Crippen LogP contribution is 2.14. The quantitative estimate of drug-likeness (QED) is 0.452. The van der Waals surface area contributed by atoms with Crippen LogP contribution in [0.5, 0.6) is 0 Å². The number of nitrogens with one attached hydrogen (secondary N) is 1. The number of rotatable bonds is 6. The molecule has 0 aromatic carbocycles.